The molecule has 2 rings (SSSR count). The van der Waals surface area contributed by atoms with Gasteiger partial charge in [0, 0.05) is 15.3 Å². The fraction of sp³-hybridized carbons (Fsp3) is 0. The smallest absolute Gasteiger partial charge is 0.112 e. The molecule has 0 spiro atoms. The average Bonchev–Trinajstić information content (AvgIpc) is 2.30. The number of terminal acetylenes is 1. The average molecular weight is 305 g/mol. The van der Waals surface area contributed by atoms with Gasteiger partial charge in [-0.2, -0.15) is 0 Å². The highest BCUT2D eigenvalue weighted by Gasteiger charge is 2.01. The molecule has 1 heterocycles. The van der Waals surface area contributed by atoms with Crippen molar-refractivity contribution in [3.63, 3.8) is 0 Å². The fourth-order valence-corrected chi connectivity index (χ4v) is 2.03. The fourth-order valence-electron chi connectivity index (χ4n) is 1.33. The number of hydrogen-bond donors (Lipinski definition) is 0. The van der Waals surface area contributed by atoms with Crippen LogP contribution in [0.3, 0.4) is 0 Å². The number of nitrogens with zero attached hydrogens (tertiary/aromatic N) is 1. The van der Waals surface area contributed by atoms with Crippen molar-refractivity contribution in [1.82, 2.24) is 4.98 Å². The minimum Gasteiger partial charge on any atom is -0.247 e. The van der Waals surface area contributed by atoms with Gasteiger partial charge in [0.25, 0.3) is 0 Å². The van der Waals surface area contributed by atoms with Crippen LogP contribution < -0.4 is 0 Å². The molecule has 0 saturated heterocycles. The van der Waals surface area contributed by atoms with E-state index in [2.05, 4.69) is 45.6 Å². The highest BCUT2D eigenvalue weighted by molar-refractivity contribution is 14.1. The van der Waals surface area contributed by atoms with Gasteiger partial charge in [-0.15, -0.1) is 6.42 Å². The van der Waals surface area contributed by atoms with Crippen molar-refractivity contribution in [2.24, 2.45) is 0 Å². The summed E-state index contributed by atoms with van der Waals surface area (Å²) in [4.78, 5) is 4.18. The quantitative estimate of drug-likeness (QED) is 0.582. The molecule has 0 aliphatic heterocycles. The Hall–Kier alpha value is -1.34. The molecule has 1 aromatic heterocycles. The van der Waals surface area contributed by atoms with E-state index in [0.717, 1.165) is 5.56 Å². The van der Waals surface area contributed by atoms with Gasteiger partial charge in [-0.3, -0.25) is 0 Å². The van der Waals surface area contributed by atoms with Gasteiger partial charge < -0.3 is 0 Å². The van der Waals surface area contributed by atoms with Crippen LogP contribution in [0.2, 0.25) is 0 Å². The lowest BCUT2D eigenvalue weighted by atomic mass is 10.1. The van der Waals surface area contributed by atoms with Gasteiger partial charge in [0.15, 0.2) is 0 Å². The molecule has 72 valence electrons. The maximum absolute atomic E-state index is 5.25. The molecule has 0 radical (unpaired) electrons. The molecule has 0 aliphatic carbocycles. The molecule has 2 aromatic rings. The molecule has 1 aromatic carbocycles. The van der Waals surface area contributed by atoms with Crippen LogP contribution in [0.4, 0.5) is 0 Å². The van der Waals surface area contributed by atoms with Crippen molar-refractivity contribution in [2.45, 2.75) is 0 Å². The van der Waals surface area contributed by atoms with Crippen LogP contribution in [0.1, 0.15) is 5.69 Å². The first-order valence-electron chi connectivity index (χ1n) is 4.49. The first-order chi connectivity index (χ1) is 7.31. The third kappa shape index (κ3) is 2.18. The van der Waals surface area contributed by atoms with Crippen molar-refractivity contribution in [3.8, 4) is 23.5 Å². The number of halogens is 1. The maximum Gasteiger partial charge on any atom is 0.112 e. The second-order valence-electron chi connectivity index (χ2n) is 3.06. The Morgan fingerprint density at radius 3 is 2.53 bits per heavy atom. The van der Waals surface area contributed by atoms with E-state index < -0.39 is 0 Å². The molecule has 0 unspecified atom stereocenters. The largest absolute Gasteiger partial charge is 0.247 e. The summed E-state index contributed by atoms with van der Waals surface area (Å²) in [7, 11) is 0. The summed E-state index contributed by atoms with van der Waals surface area (Å²) in [6.45, 7) is 0. The first kappa shape index (κ1) is 10.2. The highest BCUT2D eigenvalue weighted by Crippen LogP contribution is 2.23. The Bertz CT molecular complexity index is 509. The molecule has 0 N–H and O–H groups in total. The number of aromatic nitrogens is 1. The Morgan fingerprint density at radius 1 is 1.13 bits per heavy atom. The predicted molar refractivity (Wildman–Crippen MR) is 70.3 cm³/mol. The monoisotopic (exact) mass is 305 g/mol. The normalized spacial score (nSPS) is 9.60. The second-order valence-corrected chi connectivity index (χ2v) is 4.22. The molecule has 15 heavy (non-hydrogen) atoms. The summed E-state index contributed by atoms with van der Waals surface area (Å²) in [6, 6.07) is 12.1. The summed E-state index contributed by atoms with van der Waals surface area (Å²) in [6.07, 6.45) is 7.07. The molecular weight excluding hydrogens is 297 g/mol. The molecule has 2 heteroatoms. The van der Waals surface area contributed by atoms with Crippen molar-refractivity contribution in [3.05, 3.63) is 51.9 Å². The zero-order valence-corrected chi connectivity index (χ0v) is 10.1. The van der Waals surface area contributed by atoms with Crippen molar-refractivity contribution in [1.29, 1.82) is 0 Å². The second kappa shape index (κ2) is 4.45. The van der Waals surface area contributed by atoms with Crippen LogP contribution in [0.5, 0.6) is 0 Å². The van der Waals surface area contributed by atoms with E-state index in [-0.39, 0.29) is 0 Å². The summed E-state index contributed by atoms with van der Waals surface area (Å²) in [5, 5.41) is 0. The number of hydrogen-bond acceptors (Lipinski definition) is 1. The topological polar surface area (TPSA) is 12.9 Å². The molecule has 0 aliphatic rings. The van der Waals surface area contributed by atoms with Crippen LogP contribution in [-0.2, 0) is 0 Å². The van der Waals surface area contributed by atoms with E-state index in [4.69, 9.17) is 6.42 Å². The van der Waals surface area contributed by atoms with Crippen LogP contribution in [-0.4, -0.2) is 4.98 Å². The van der Waals surface area contributed by atoms with Crippen LogP contribution >= 0.6 is 22.6 Å². The minimum absolute atomic E-state index is 0.671. The Labute approximate surface area is 103 Å². The van der Waals surface area contributed by atoms with E-state index in [1.165, 1.54) is 9.13 Å². The third-order valence-electron chi connectivity index (χ3n) is 2.10. The van der Waals surface area contributed by atoms with Crippen molar-refractivity contribution >= 4 is 22.6 Å². The zero-order valence-electron chi connectivity index (χ0n) is 7.94. The van der Waals surface area contributed by atoms with Gasteiger partial charge in [0.1, 0.15) is 5.69 Å². The maximum atomic E-state index is 5.25. The van der Waals surface area contributed by atoms with Gasteiger partial charge >= 0.3 is 0 Å². The van der Waals surface area contributed by atoms with Gasteiger partial charge in [-0.1, -0.05) is 24.1 Å². The minimum atomic E-state index is 0.671. The molecule has 0 amide bonds. The molecule has 0 bridgehead atoms. The lowest BCUT2D eigenvalue weighted by molar-refractivity contribution is 1.29. The van der Waals surface area contributed by atoms with Crippen molar-refractivity contribution in [2.75, 3.05) is 0 Å². The SMILES string of the molecule is C#Cc1ccc(-c2ccccc2I)cn1. The summed E-state index contributed by atoms with van der Waals surface area (Å²) < 4.78 is 1.21. The molecule has 0 atom stereocenters. The van der Waals surface area contributed by atoms with E-state index >= 15 is 0 Å². The number of rotatable bonds is 1. The van der Waals surface area contributed by atoms with Crippen LogP contribution in [0.25, 0.3) is 11.1 Å². The molecular formula is C13H8IN. The van der Waals surface area contributed by atoms with Gasteiger partial charge in [0.05, 0.1) is 0 Å². The van der Waals surface area contributed by atoms with Crippen LogP contribution in [0.15, 0.2) is 42.6 Å². The summed E-state index contributed by atoms with van der Waals surface area (Å²) >= 11 is 2.31. The van der Waals surface area contributed by atoms with E-state index in [9.17, 15) is 0 Å². The molecule has 1 nitrogen and oxygen atoms in total. The van der Waals surface area contributed by atoms with Crippen molar-refractivity contribution < 1.29 is 0 Å². The van der Waals surface area contributed by atoms with Crippen LogP contribution in [0, 0.1) is 15.9 Å². The highest BCUT2D eigenvalue weighted by atomic mass is 127. The lowest BCUT2D eigenvalue weighted by Gasteiger charge is -2.03. The Balaban J connectivity index is 2.47. The summed E-state index contributed by atoms with van der Waals surface area (Å²) in [5.74, 6) is 2.51. The Morgan fingerprint density at radius 2 is 1.93 bits per heavy atom. The van der Waals surface area contributed by atoms with E-state index in [0.29, 0.717) is 5.69 Å². The Kier molecular flexibility index (Phi) is 3.02. The van der Waals surface area contributed by atoms with E-state index in [1.807, 2.05) is 30.5 Å². The number of benzene rings is 1. The zero-order chi connectivity index (χ0) is 10.7. The molecule has 0 saturated carbocycles. The summed E-state index contributed by atoms with van der Waals surface area (Å²) in [5.41, 5.74) is 2.96. The van der Waals surface area contributed by atoms with Gasteiger partial charge in [-0.25, -0.2) is 4.98 Å². The van der Waals surface area contributed by atoms with Gasteiger partial charge in [-0.05, 0) is 46.4 Å². The van der Waals surface area contributed by atoms with Gasteiger partial charge in [0.2, 0.25) is 0 Å². The van der Waals surface area contributed by atoms with E-state index in [1.54, 1.807) is 0 Å². The lowest BCUT2D eigenvalue weighted by Crippen LogP contribution is -1.85. The molecule has 0 fully saturated rings. The standard InChI is InChI=1S/C13H8IN/c1-2-11-8-7-10(9-15-11)12-5-3-4-6-13(12)14/h1,3-9H. The predicted octanol–water partition coefficient (Wildman–Crippen LogP) is 3.33. The first-order valence-corrected chi connectivity index (χ1v) is 5.56. The third-order valence-corrected chi connectivity index (χ3v) is 3.04. The number of pyridine rings is 1.